The summed E-state index contributed by atoms with van der Waals surface area (Å²) in [5, 5.41) is 6.17. The van der Waals surface area contributed by atoms with E-state index in [4.69, 9.17) is 22.7 Å². The highest BCUT2D eigenvalue weighted by Gasteiger charge is 2.23. The van der Waals surface area contributed by atoms with Gasteiger partial charge in [-0.05, 0) is 78.9 Å². The molecule has 6 nitrogen and oxygen atoms in total. The van der Waals surface area contributed by atoms with Gasteiger partial charge in [0.2, 0.25) is 5.89 Å². The average Bonchev–Trinajstić information content (AvgIpc) is 3.92. The lowest BCUT2D eigenvalue weighted by Gasteiger charge is -2.26. The normalized spacial score (nSPS) is 12.1. The fourth-order valence-electron chi connectivity index (χ4n) is 7.25. The number of nitrogens with zero attached hydrogens (tertiary/aromatic N) is 2. The summed E-state index contributed by atoms with van der Waals surface area (Å²) in [6, 6.07) is 49.3. The number of benzene rings is 7. The van der Waals surface area contributed by atoms with Gasteiger partial charge in [0.25, 0.3) is 0 Å². The SMILES string of the molecule is c1ccc(-c2nc3cc4oc5cccc(N(c6ccc7oc8ccccc8c7c6)c6ccc7oc8ccccc8c7c6)c5c4cc3o2)cc1. The molecule has 49 heavy (non-hydrogen) atoms. The molecule has 0 radical (unpaired) electrons. The first-order chi connectivity index (χ1) is 24.2. The molecule has 0 unspecified atom stereocenters. The fraction of sp³-hybridized carbons (Fsp3) is 0. The Labute approximate surface area is 278 Å². The summed E-state index contributed by atoms with van der Waals surface area (Å²) in [5.74, 6) is 0.579. The number of hydrogen-bond acceptors (Lipinski definition) is 6. The van der Waals surface area contributed by atoms with Crippen molar-refractivity contribution in [2.75, 3.05) is 4.90 Å². The van der Waals surface area contributed by atoms with Gasteiger partial charge in [0, 0.05) is 49.9 Å². The molecule has 0 N–H and O–H groups in total. The van der Waals surface area contributed by atoms with Gasteiger partial charge in [-0.1, -0.05) is 60.7 Å². The van der Waals surface area contributed by atoms with E-state index >= 15 is 0 Å². The Bertz CT molecular complexity index is 2960. The third-order valence-corrected chi connectivity index (χ3v) is 9.48. The van der Waals surface area contributed by atoms with E-state index in [-0.39, 0.29) is 0 Å². The van der Waals surface area contributed by atoms with Crippen molar-refractivity contribution in [2.45, 2.75) is 0 Å². The van der Waals surface area contributed by atoms with E-state index in [2.05, 4.69) is 65.6 Å². The lowest BCUT2D eigenvalue weighted by Crippen LogP contribution is -2.10. The molecule has 4 aromatic heterocycles. The predicted octanol–water partition coefficient (Wildman–Crippen LogP) is 12.7. The van der Waals surface area contributed by atoms with Gasteiger partial charge >= 0.3 is 0 Å². The summed E-state index contributed by atoms with van der Waals surface area (Å²) in [6.45, 7) is 0. The molecular formula is C43H24N2O4. The summed E-state index contributed by atoms with van der Waals surface area (Å²) in [5.41, 5.74) is 10.3. The summed E-state index contributed by atoms with van der Waals surface area (Å²) in [7, 11) is 0. The monoisotopic (exact) mass is 632 g/mol. The number of fused-ring (bicyclic) bond motifs is 10. The maximum atomic E-state index is 6.53. The fourth-order valence-corrected chi connectivity index (χ4v) is 7.25. The Morgan fingerprint density at radius 1 is 0.388 bits per heavy atom. The Kier molecular flexibility index (Phi) is 5.29. The van der Waals surface area contributed by atoms with Crippen molar-refractivity contribution in [3.8, 4) is 11.5 Å². The van der Waals surface area contributed by atoms with Gasteiger partial charge in [0.1, 0.15) is 39.0 Å². The summed E-state index contributed by atoms with van der Waals surface area (Å²) in [4.78, 5) is 7.09. The number of aromatic nitrogens is 1. The van der Waals surface area contributed by atoms with Crippen LogP contribution < -0.4 is 4.90 Å². The van der Waals surface area contributed by atoms with Crippen molar-refractivity contribution in [1.82, 2.24) is 4.98 Å². The van der Waals surface area contributed by atoms with Crippen LogP contribution in [-0.2, 0) is 0 Å². The smallest absolute Gasteiger partial charge is 0.227 e. The molecule has 11 aromatic rings. The molecule has 11 rings (SSSR count). The molecule has 0 aliphatic carbocycles. The van der Waals surface area contributed by atoms with Crippen molar-refractivity contribution >= 4 is 94.0 Å². The first kappa shape index (κ1) is 26.3. The highest BCUT2D eigenvalue weighted by molar-refractivity contribution is 6.17. The second-order valence-electron chi connectivity index (χ2n) is 12.3. The topological polar surface area (TPSA) is 68.7 Å². The van der Waals surface area contributed by atoms with Gasteiger partial charge in [-0.2, -0.15) is 0 Å². The van der Waals surface area contributed by atoms with Crippen molar-refractivity contribution in [3.63, 3.8) is 0 Å². The van der Waals surface area contributed by atoms with Crippen LogP contribution in [0.25, 0.3) is 88.4 Å². The minimum atomic E-state index is 0.579. The van der Waals surface area contributed by atoms with E-state index in [9.17, 15) is 0 Å². The Morgan fingerprint density at radius 3 is 1.67 bits per heavy atom. The molecule has 0 amide bonds. The lowest BCUT2D eigenvalue weighted by molar-refractivity contribution is 0.620. The molecule has 0 fully saturated rings. The van der Waals surface area contributed by atoms with Gasteiger partial charge in [0.05, 0.1) is 11.1 Å². The number of rotatable bonds is 4. The second kappa shape index (κ2) is 9.86. The van der Waals surface area contributed by atoms with E-state index in [0.717, 1.165) is 94.0 Å². The molecule has 4 heterocycles. The molecule has 0 spiro atoms. The van der Waals surface area contributed by atoms with Crippen molar-refractivity contribution < 1.29 is 17.7 Å². The average molecular weight is 633 g/mol. The van der Waals surface area contributed by atoms with Crippen LogP contribution in [-0.4, -0.2) is 4.98 Å². The number of para-hydroxylation sites is 2. The number of hydrogen-bond donors (Lipinski definition) is 0. The Balaban J connectivity index is 1.19. The summed E-state index contributed by atoms with van der Waals surface area (Å²) < 4.78 is 25.3. The first-order valence-electron chi connectivity index (χ1n) is 16.2. The van der Waals surface area contributed by atoms with Crippen LogP contribution in [0.5, 0.6) is 0 Å². The van der Waals surface area contributed by atoms with E-state index in [1.807, 2.05) is 84.9 Å². The third-order valence-electron chi connectivity index (χ3n) is 9.48. The van der Waals surface area contributed by atoms with Gasteiger partial charge in [-0.15, -0.1) is 0 Å². The van der Waals surface area contributed by atoms with Crippen LogP contribution in [0.15, 0.2) is 163 Å². The molecule has 0 atom stereocenters. The number of furan rings is 3. The zero-order valence-electron chi connectivity index (χ0n) is 25.9. The molecule has 0 aliphatic heterocycles. The minimum absolute atomic E-state index is 0.579. The molecule has 0 bridgehead atoms. The molecular weight excluding hydrogens is 608 g/mol. The van der Waals surface area contributed by atoms with Crippen LogP contribution in [0, 0.1) is 0 Å². The Hall–Kier alpha value is -6.79. The van der Waals surface area contributed by atoms with Crippen LogP contribution in [0.1, 0.15) is 0 Å². The van der Waals surface area contributed by atoms with Gasteiger partial charge in [-0.3, -0.25) is 0 Å². The largest absolute Gasteiger partial charge is 0.456 e. The van der Waals surface area contributed by atoms with Gasteiger partial charge in [0.15, 0.2) is 5.58 Å². The quantitative estimate of drug-likeness (QED) is 0.192. The molecule has 0 saturated carbocycles. The van der Waals surface area contributed by atoms with Crippen molar-refractivity contribution in [3.05, 3.63) is 146 Å². The van der Waals surface area contributed by atoms with Crippen LogP contribution in [0.3, 0.4) is 0 Å². The van der Waals surface area contributed by atoms with E-state index < -0.39 is 0 Å². The van der Waals surface area contributed by atoms with Crippen LogP contribution in [0.2, 0.25) is 0 Å². The second-order valence-corrected chi connectivity index (χ2v) is 12.3. The molecule has 6 heteroatoms. The third kappa shape index (κ3) is 3.92. The number of anilines is 3. The first-order valence-corrected chi connectivity index (χ1v) is 16.2. The zero-order valence-corrected chi connectivity index (χ0v) is 25.9. The van der Waals surface area contributed by atoms with Gasteiger partial charge < -0.3 is 22.6 Å². The molecule has 7 aromatic carbocycles. The highest BCUT2D eigenvalue weighted by atomic mass is 16.4. The Morgan fingerprint density at radius 2 is 0.980 bits per heavy atom. The standard InChI is InChI=1S/C43H24N2O4/c1-2-9-25(10-3-1)43-44-33-24-40-32(23-41(33)49-43)42-34(13-8-16-39(42)48-40)45(26-17-19-37-30(21-26)28-11-4-6-14-35(28)46-37)27-18-20-38-31(22-27)29-12-5-7-15-36(29)47-38/h1-24H. The summed E-state index contributed by atoms with van der Waals surface area (Å²) in [6.07, 6.45) is 0. The summed E-state index contributed by atoms with van der Waals surface area (Å²) >= 11 is 0. The van der Waals surface area contributed by atoms with Gasteiger partial charge in [-0.25, -0.2) is 4.98 Å². The molecule has 230 valence electrons. The van der Waals surface area contributed by atoms with Crippen molar-refractivity contribution in [2.24, 2.45) is 0 Å². The lowest BCUT2D eigenvalue weighted by atomic mass is 10.1. The minimum Gasteiger partial charge on any atom is -0.456 e. The maximum Gasteiger partial charge on any atom is 0.227 e. The van der Waals surface area contributed by atoms with E-state index in [1.165, 1.54) is 0 Å². The zero-order chi connectivity index (χ0) is 32.1. The van der Waals surface area contributed by atoms with Crippen LogP contribution >= 0.6 is 0 Å². The van der Waals surface area contributed by atoms with Crippen molar-refractivity contribution in [1.29, 1.82) is 0 Å². The maximum absolute atomic E-state index is 6.53. The molecule has 0 saturated heterocycles. The van der Waals surface area contributed by atoms with E-state index in [0.29, 0.717) is 11.5 Å². The van der Waals surface area contributed by atoms with E-state index in [1.54, 1.807) is 0 Å². The van der Waals surface area contributed by atoms with Crippen LogP contribution in [0.4, 0.5) is 17.1 Å². The predicted molar refractivity (Wildman–Crippen MR) is 196 cm³/mol. The highest BCUT2D eigenvalue weighted by Crippen LogP contribution is 2.46. The number of oxazole rings is 1. The molecule has 0 aliphatic rings.